The van der Waals surface area contributed by atoms with Gasteiger partial charge in [0.25, 0.3) is 0 Å². The third-order valence-corrected chi connectivity index (χ3v) is 4.18. The fourth-order valence-corrected chi connectivity index (χ4v) is 2.86. The minimum absolute atomic E-state index is 0.0539. The van der Waals surface area contributed by atoms with Crippen molar-refractivity contribution < 1.29 is 9.90 Å². The molecule has 3 rings (SSSR count). The average molecular weight is 339 g/mol. The SMILES string of the molecule is CCC(O)c1ccc2nc(NC(=O)CC(C)(C)C)n(C3=CC=C3)c2c1. The Morgan fingerprint density at radius 3 is 2.64 bits per heavy atom. The van der Waals surface area contributed by atoms with Crippen LogP contribution in [0.3, 0.4) is 0 Å². The van der Waals surface area contributed by atoms with E-state index in [-0.39, 0.29) is 11.3 Å². The maximum absolute atomic E-state index is 12.4. The van der Waals surface area contributed by atoms with E-state index in [1.54, 1.807) is 0 Å². The summed E-state index contributed by atoms with van der Waals surface area (Å²) in [5.74, 6) is 0.463. The van der Waals surface area contributed by atoms with E-state index in [2.05, 4.69) is 10.3 Å². The smallest absolute Gasteiger partial charge is 0.227 e. The van der Waals surface area contributed by atoms with Gasteiger partial charge in [-0.2, -0.15) is 0 Å². The second-order valence-corrected chi connectivity index (χ2v) is 7.68. The molecule has 0 saturated carbocycles. The summed E-state index contributed by atoms with van der Waals surface area (Å²) in [6, 6.07) is 5.73. The van der Waals surface area contributed by atoms with Gasteiger partial charge in [0.2, 0.25) is 11.9 Å². The molecule has 5 heteroatoms. The molecule has 1 aromatic carbocycles. The van der Waals surface area contributed by atoms with Crippen molar-refractivity contribution in [1.82, 2.24) is 9.55 Å². The number of carbonyl (C=O) groups is 1. The van der Waals surface area contributed by atoms with Crippen LogP contribution in [0.2, 0.25) is 0 Å². The van der Waals surface area contributed by atoms with E-state index in [9.17, 15) is 9.90 Å². The summed E-state index contributed by atoms with van der Waals surface area (Å²) in [7, 11) is 0. The zero-order valence-corrected chi connectivity index (χ0v) is 15.2. The Labute approximate surface area is 148 Å². The molecule has 0 saturated heterocycles. The summed E-state index contributed by atoms with van der Waals surface area (Å²) in [5.41, 5.74) is 3.41. The Morgan fingerprint density at radius 1 is 1.36 bits per heavy atom. The molecule has 0 bridgehead atoms. The van der Waals surface area contributed by atoms with Crippen molar-refractivity contribution >= 4 is 28.6 Å². The molecule has 0 radical (unpaired) electrons. The number of hydrogen-bond acceptors (Lipinski definition) is 3. The van der Waals surface area contributed by atoms with Crippen LogP contribution in [0.1, 0.15) is 52.2 Å². The Hall–Kier alpha value is -2.40. The number of fused-ring (bicyclic) bond motifs is 1. The van der Waals surface area contributed by atoms with Gasteiger partial charge in [-0.05, 0) is 41.7 Å². The van der Waals surface area contributed by atoms with E-state index < -0.39 is 6.10 Å². The summed E-state index contributed by atoms with van der Waals surface area (Å²) >= 11 is 0. The van der Waals surface area contributed by atoms with Crippen molar-refractivity contribution in [3.63, 3.8) is 0 Å². The predicted molar refractivity (Wildman–Crippen MR) is 101 cm³/mol. The fraction of sp³-hybridized carbons (Fsp3) is 0.400. The van der Waals surface area contributed by atoms with Crippen molar-refractivity contribution in [3.05, 3.63) is 42.0 Å². The molecular weight excluding hydrogens is 314 g/mol. The topological polar surface area (TPSA) is 67.2 Å². The molecule has 0 spiro atoms. The first kappa shape index (κ1) is 17.4. The number of rotatable bonds is 5. The standard InChI is InChI=1S/C20H25N3O2/c1-5-17(24)13-9-10-15-16(11-13)23(14-7-6-8-14)19(21-15)22-18(25)12-20(2,3)4/h6-11,17,24H,5,12H2,1-4H3,(H,21,22,25). The number of carbonyl (C=O) groups excluding carboxylic acids is 1. The van der Waals surface area contributed by atoms with Gasteiger partial charge in [-0.15, -0.1) is 0 Å². The van der Waals surface area contributed by atoms with Crippen LogP contribution in [-0.4, -0.2) is 20.6 Å². The maximum Gasteiger partial charge on any atom is 0.227 e. The van der Waals surface area contributed by atoms with E-state index >= 15 is 0 Å². The molecule has 132 valence electrons. The van der Waals surface area contributed by atoms with Gasteiger partial charge >= 0.3 is 0 Å². The van der Waals surface area contributed by atoms with Crippen molar-refractivity contribution in [2.45, 2.75) is 46.6 Å². The van der Waals surface area contributed by atoms with E-state index in [1.807, 2.05) is 68.7 Å². The lowest BCUT2D eigenvalue weighted by Gasteiger charge is -2.18. The number of nitrogens with zero attached hydrogens (tertiary/aromatic N) is 2. The number of amides is 1. The molecule has 2 aromatic rings. The largest absolute Gasteiger partial charge is 0.388 e. The first-order valence-electron chi connectivity index (χ1n) is 8.67. The van der Waals surface area contributed by atoms with Crippen LogP contribution < -0.4 is 5.32 Å². The summed E-state index contributed by atoms with van der Waals surface area (Å²) in [6.07, 6.45) is 6.47. The first-order valence-corrected chi connectivity index (χ1v) is 8.67. The Morgan fingerprint density at radius 2 is 2.08 bits per heavy atom. The minimum Gasteiger partial charge on any atom is -0.388 e. The zero-order chi connectivity index (χ0) is 18.2. The number of allylic oxidation sites excluding steroid dienone is 4. The summed E-state index contributed by atoms with van der Waals surface area (Å²) in [5, 5.41) is 13.1. The Kier molecular flexibility index (Phi) is 4.52. The van der Waals surface area contributed by atoms with Crippen molar-refractivity contribution in [1.29, 1.82) is 0 Å². The van der Waals surface area contributed by atoms with E-state index in [0.717, 1.165) is 22.3 Å². The molecule has 0 aliphatic heterocycles. The van der Waals surface area contributed by atoms with Crippen LogP contribution in [0.5, 0.6) is 0 Å². The molecule has 25 heavy (non-hydrogen) atoms. The van der Waals surface area contributed by atoms with Gasteiger partial charge in [-0.3, -0.25) is 14.7 Å². The molecule has 1 unspecified atom stereocenters. The van der Waals surface area contributed by atoms with Crippen LogP contribution in [0.4, 0.5) is 5.95 Å². The number of aromatic nitrogens is 2. The number of hydrogen-bond donors (Lipinski definition) is 2. The van der Waals surface area contributed by atoms with Gasteiger partial charge in [-0.1, -0.05) is 39.8 Å². The average Bonchev–Trinajstić information content (AvgIpc) is 2.80. The van der Waals surface area contributed by atoms with Gasteiger partial charge in [-0.25, -0.2) is 4.98 Å². The highest BCUT2D eigenvalue weighted by Gasteiger charge is 2.21. The van der Waals surface area contributed by atoms with Crippen LogP contribution in [0.15, 0.2) is 36.4 Å². The molecule has 1 heterocycles. The second kappa shape index (κ2) is 6.48. The van der Waals surface area contributed by atoms with E-state index in [0.29, 0.717) is 18.8 Å². The lowest BCUT2D eigenvalue weighted by molar-refractivity contribution is -0.117. The monoisotopic (exact) mass is 339 g/mol. The predicted octanol–water partition coefficient (Wildman–Crippen LogP) is 4.27. The van der Waals surface area contributed by atoms with E-state index in [4.69, 9.17) is 0 Å². The third-order valence-electron chi connectivity index (χ3n) is 4.18. The highest BCUT2D eigenvalue weighted by molar-refractivity contribution is 5.94. The molecule has 1 atom stereocenters. The number of benzene rings is 1. The first-order chi connectivity index (χ1) is 11.8. The van der Waals surface area contributed by atoms with Crippen molar-refractivity contribution in [3.8, 4) is 0 Å². The lowest BCUT2D eigenvalue weighted by Crippen LogP contribution is -2.21. The maximum atomic E-state index is 12.4. The highest BCUT2D eigenvalue weighted by atomic mass is 16.3. The van der Waals surface area contributed by atoms with Gasteiger partial charge in [0, 0.05) is 12.1 Å². The molecule has 0 fully saturated rings. The fourth-order valence-electron chi connectivity index (χ4n) is 2.86. The van der Waals surface area contributed by atoms with Crippen LogP contribution in [0, 0.1) is 5.41 Å². The number of aliphatic hydroxyl groups excluding tert-OH is 1. The van der Waals surface area contributed by atoms with Gasteiger partial charge in [0.05, 0.1) is 17.1 Å². The number of imidazole rings is 1. The summed E-state index contributed by atoms with van der Waals surface area (Å²) in [4.78, 5) is 17.0. The highest BCUT2D eigenvalue weighted by Crippen LogP contribution is 2.30. The molecule has 1 aromatic heterocycles. The molecule has 1 aliphatic rings. The zero-order valence-electron chi connectivity index (χ0n) is 15.2. The van der Waals surface area contributed by atoms with E-state index in [1.165, 1.54) is 0 Å². The minimum atomic E-state index is -0.502. The molecule has 5 nitrogen and oxygen atoms in total. The molecule has 1 amide bonds. The lowest BCUT2D eigenvalue weighted by atomic mass is 9.92. The molecular formula is C20H25N3O2. The summed E-state index contributed by atoms with van der Waals surface area (Å²) < 4.78 is 1.93. The third kappa shape index (κ3) is 3.66. The molecule has 1 aliphatic carbocycles. The van der Waals surface area contributed by atoms with Crippen LogP contribution in [0.25, 0.3) is 16.7 Å². The van der Waals surface area contributed by atoms with Crippen LogP contribution in [-0.2, 0) is 4.79 Å². The van der Waals surface area contributed by atoms with Crippen LogP contribution >= 0.6 is 0 Å². The van der Waals surface area contributed by atoms with Crippen molar-refractivity contribution in [2.75, 3.05) is 5.32 Å². The van der Waals surface area contributed by atoms with Gasteiger partial charge < -0.3 is 5.11 Å². The summed E-state index contributed by atoms with van der Waals surface area (Å²) in [6.45, 7) is 8.04. The van der Waals surface area contributed by atoms with Crippen molar-refractivity contribution in [2.24, 2.45) is 5.41 Å². The number of aliphatic hydroxyl groups is 1. The number of nitrogens with one attached hydrogen (secondary N) is 1. The Balaban J connectivity index is 2.01. The molecule has 2 N–H and O–H groups in total. The quantitative estimate of drug-likeness (QED) is 0.855. The Bertz CT molecular complexity index is 869. The second-order valence-electron chi connectivity index (χ2n) is 7.68. The van der Waals surface area contributed by atoms with Gasteiger partial charge in [0.15, 0.2) is 0 Å². The number of anilines is 1. The van der Waals surface area contributed by atoms with Gasteiger partial charge in [0.1, 0.15) is 0 Å². The normalized spacial score (nSPS) is 15.0.